The van der Waals surface area contributed by atoms with E-state index in [1.807, 2.05) is 0 Å². The van der Waals surface area contributed by atoms with Crippen LogP contribution in [0.15, 0.2) is 24.3 Å². The molecule has 0 aromatic heterocycles. The van der Waals surface area contributed by atoms with Gasteiger partial charge in [0.2, 0.25) is 5.91 Å². The molecule has 0 spiro atoms. The molecule has 1 heterocycles. The van der Waals surface area contributed by atoms with Crippen molar-refractivity contribution in [3.05, 3.63) is 41.5 Å². The molecule has 5 heteroatoms. The van der Waals surface area contributed by atoms with Crippen LogP contribution in [0.4, 0.5) is 8.78 Å². The van der Waals surface area contributed by atoms with E-state index in [-0.39, 0.29) is 11.5 Å². The molecule has 1 aliphatic carbocycles. The van der Waals surface area contributed by atoms with Gasteiger partial charge in [-0.15, -0.1) is 0 Å². The summed E-state index contributed by atoms with van der Waals surface area (Å²) < 4.78 is 27.2. The minimum atomic E-state index is -0.652. The van der Waals surface area contributed by atoms with Crippen molar-refractivity contribution in [1.82, 2.24) is 9.80 Å². The molecule has 0 N–H and O–H groups in total. The van der Waals surface area contributed by atoms with E-state index < -0.39 is 11.6 Å². The summed E-state index contributed by atoms with van der Waals surface area (Å²) >= 11 is 0. The van der Waals surface area contributed by atoms with Crippen molar-refractivity contribution in [3.63, 3.8) is 0 Å². The smallest absolute Gasteiger partial charge is 0.246 e. The lowest BCUT2D eigenvalue weighted by molar-refractivity contribution is -0.127. The maximum atomic E-state index is 13.6. The summed E-state index contributed by atoms with van der Waals surface area (Å²) in [6, 6.07) is 3.70. The molecule has 0 atom stereocenters. The molecule has 25 heavy (non-hydrogen) atoms. The Morgan fingerprint density at radius 2 is 1.68 bits per heavy atom. The zero-order chi connectivity index (χ0) is 17.6. The first kappa shape index (κ1) is 18.1. The van der Waals surface area contributed by atoms with Crippen LogP contribution in [0.25, 0.3) is 6.08 Å². The lowest BCUT2D eigenvalue weighted by Gasteiger charge is -2.36. The van der Waals surface area contributed by atoms with Gasteiger partial charge in [0.15, 0.2) is 0 Å². The largest absolute Gasteiger partial charge is 0.337 e. The first-order valence-corrected chi connectivity index (χ1v) is 9.27. The number of carbonyl (C=O) groups excluding carboxylic acids is 1. The first-order valence-electron chi connectivity index (χ1n) is 9.27. The molecule has 0 bridgehead atoms. The van der Waals surface area contributed by atoms with Gasteiger partial charge in [-0.05, 0) is 37.0 Å². The van der Waals surface area contributed by atoms with Crippen LogP contribution in [0.2, 0.25) is 0 Å². The maximum absolute atomic E-state index is 13.6. The second-order valence-corrected chi connectivity index (χ2v) is 7.10. The molecule has 2 fully saturated rings. The van der Waals surface area contributed by atoms with Crippen molar-refractivity contribution in [2.45, 2.75) is 32.1 Å². The SMILES string of the molecule is O=C(C=Cc1c(F)cccc1F)N1CCN(CC2CCCCC2)CC1. The predicted octanol–water partition coefficient (Wildman–Crippen LogP) is 3.70. The summed E-state index contributed by atoms with van der Waals surface area (Å²) in [6.07, 6.45) is 9.24. The molecule has 0 radical (unpaired) electrons. The van der Waals surface area contributed by atoms with Crippen LogP contribution in [0.5, 0.6) is 0 Å². The van der Waals surface area contributed by atoms with Gasteiger partial charge in [0.05, 0.1) is 0 Å². The Kier molecular flexibility index (Phi) is 6.19. The highest BCUT2D eigenvalue weighted by Gasteiger charge is 2.23. The van der Waals surface area contributed by atoms with Gasteiger partial charge in [-0.1, -0.05) is 25.3 Å². The third-order valence-electron chi connectivity index (χ3n) is 5.32. The molecule has 1 aromatic carbocycles. The number of halogens is 2. The lowest BCUT2D eigenvalue weighted by atomic mass is 9.89. The van der Waals surface area contributed by atoms with E-state index in [2.05, 4.69) is 4.90 Å². The lowest BCUT2D eigenvalue weighted by Crippen LogP contribution is -2.49. The minimum absolute atomic E-state index is 0.160. The van der Waals surface area contributed by atoms with Crippen LogP contribution in [0, 0.1) is 17.6 Å². The molecule has 1 saturated heterocycles. The average Bonchev–Trinajstić information content (AvgIpc) is 2.62. The fraction of sp³-hybridized carbons (Fsp3) is 0.550. The number of hydrogen-bond donors (Lipinski definition) is 0. The highest BCUT2D eigenvalue weighted by atomic mass is 19.1. The van der Waals surface area contributed by atoms with Crippen LogP contribution in [-0.2, 0) is 4.79 Å². The molecule has 1 aromatic rings. The van der Waals surface area contributed by atoms with Gasteiger partial charge in [0.25, 0.3) is 0 Å². The predicted molar refractivity (Wildman–Crippen MR) is 95.0 cm³/mol. The number of carbonyl (C=O) groups is 1. The number of amides is 1. The van der Waals surface area contributed by atoms with E-state index in [0.717, 1.165) is 25.6 Å². The van der Waals surface area contributed by atoms with E-state index >= 15 is 0 Å². The fourth-order valence-electron chi connectivity index (χ4n) is 3.82. The fourth-order valence-corrected chi connectivity index (χ4v) is 3.82. The molecular formula is C20H26F2N2O. The monoisotopic (exact) mass is 348 g/mol. The Hall–Kier alpha value is -1.75. The van der Waals surface area contributed by atoms with Crippen molar-refractivity contribution in [3.8, 4) is 0 Å². The average molecular weight is 348 g/mol. The van der Waals surface area contributed by atoms with E-state index in [4.69, 9.17) is 0 Å². The molecule has 1 amide bonds. The van der Waals surface area contributed by atoms with Crippen LogP contribution in [-0.4, -0.2) is 48.4 Å². The number of hydrogen-bond acceptors (Lipinski definition) is 2. The van der Waals surface area contributed by atoms with Crippen LogP contribution in [0.1, 0.15) is 37.7 Å². The summed E-state index contributed by atoms with van der Waals surface area (Å²) in [7, 11) is 0. The number of rotatable bonds is 4. The number of nitrogens with zero attached hydrogens (tertiary/aromatic N) is 2. The Labute approximate surface area is 148 Å². The van der Waals surface area contributed by atoms with E-state index in [1.54, 1.807) is 4.90 Å². The summed E-state index contributed by atoms with van der Waals surface area (Å²) in [5.74, 6) is -0.678. The van der Waals surface area contributed by atoms with E-state index in [0.29, 0.717) is 13.1 Å². The zero-order valence-electron chi connectivity index (χ0n) is 14.6. The van der Waals surface area contributed by atoms with Gasteiger partial charge in [-0.3, -0.25) is 9.69 Å². The standard InChI is InChI=1S/C20H26F2N2O/c21-18-7-4-8-19(22)17(18)9-10-20(25)24-13-11-23(12-14-24)15-16-5-2-1-3-6-16/h4,7-10,16H,1-3,5-6,11-15H2. The Bertz CT molecular complexity index is 598. The Morgan fingerprint density at radius 1 is 1.04 bits per heavy atom. The molecule has 1 aliphatic heterocycles. The Morgan fingerprint density at radius 3 is 2.32 bits per heavy atom. The van der Waals surface area contributed by atoms with Gasteiger partial charge >= 0.3 is 0 Å². The second kappa shape index (κ2) is 8.56. The first-order chi connectivity index (χ1) is 12.1. The number of piperazine rings is 1. The van der Waals surface area contributed by atoms with Crippen molar-refractivity contribution in [2.24, 2.45) is 5.92 Å². The Balaban J connectivity index is 1.49. The minimum Gasteiger partial charge on any atom is -0.337 e. The second-order valence-electron chi connectivity index (χ2n) is 7.10. The highest BCUT2D eigenvalue weighted by Crippen LogP contribution is 2.24. The highest BCUT2D eigenvalue weighted by molar-refractivity contribution is 5.91. The third kappa shape index (κ3) is 4.88. The van der Waals surface area contributed by atoms with Crippen molar-refractivity contribution < 1.29 is 13.6 Å². The zero-order valence-corrected chi connectivity index (χ0v) is 14.6. The van der Waals surface area contributed by atoms with Crippen LogP contribution in [0.3, 0.4) is 0 Å². The van der Waals surface area contributed by atoms with Crippen LogP contribution >= 0.6 is 0 Å². The molecule has 0 unspecified atom stereocenters. The van der Waals surface area contributed by atoms with E-state index in [9.17, 15) is 13.6 Å². The van der Waals surface area contributed by atoms with E-state index in [1.165, 1.54) is 62.5 Å². The topological polar surface area (TPSA) is 23.6 Å². The van der Waals surface area contributed by atoms with Gasteiger partial charge in [-0.2, -0.15) is 0 Å². The molecule has 3 rings (SSSR count). The molecule has 136 valence electrons. The summed E-state index contributed by atoms with van der Waals surface area (Å²) in [5.41, 5.74) is -0.160. The normalized spacial score (nSPS) is 20.3. The molecular weight excluding hydrogens is 322 g/mol. The maximum Gasteiger partial charge on any atom is 0.246 e. The van der Waals surface area contributed by atoms with Gasteiger partial charge in [0, 0.05) is 44.4 Å². The quantitative estimate of drug-likeness (QED) is 0.775. The third-order valence-corrected chi connectivity index (χ3v) is 5.32. The summed E-state index contributed by atoms with van der Waals surface area (Å²) in [5, 5.41) is 0. The van der Waals surface area contributed by atoms with Gasteiger partial charge < -0.3 is 4.90 Å². The van der Waals surface area contributed by atoms with Crippen LogP contribution < -0.4 is 0 Å². The summed E-state index contributed by atoms with van der Waals surface area (Å²) in [4.78, 5) is 16.5. The van der Waals surface area contributed by atoms with Crippen molar-refractivity contribution in [1.29, 1.82) is 0 Å². The van der Waals surface area contributed by atoms with Crippen molar-refractivity contribution >= 4 is 12.0 Å². The summed E-state index contributed by atoms with van der Waals surface area (Å²) in [6.45, 7) is 4.25. The van der Waals surface area contributed by atoms with Gasteiger partial charge in [0.1, 0.15) is 11.6 Å². The van der Waals surface area contributed by atoms with Gasteiger partial charge in [-0.25, -0.2) is 8.78 Å². The molecule has 3 nitrogen and oxygen atoms in total. The molecule has 1 saturated carbocycles. The van der Waals surface area contributed by atoms with Crippen molar-refractivity contribution in [2.75, 3.05) is 32.7 Å². The molecule has 2 aliphatic rings. The number of benzene rings is 1.